The third-order valence-corrected chi connectivity index (χ3v) is 2.48. The predicted octanol–water partition coefficient (Wildman–Crippen LogP) is 1.96. The summed E-state index contributed by atoms with van der Waals surface area (Å²) in [6, 6.07) is 8.10. The molecule has 0 radical (unpaired) electrons. The maximum absolute atomic E-state index is 5.65. The molecule has 0 saturated heterocycles. The minimum absolute atomic E-state index is 0.448. The Kier molecular flexibility index (Phi) is 3.19. The number of aryl methyl sites for hydroxylation is 2. The Bertz CT molecular complexity index is 465. The van der Waals surface area contributed by atoms with Crippen molar-refractivity contribution in [1.29, 1.82) is 0 Å². The lowest BCUT2D eigenvalue weighted by molar-refractivity contribution is 0.291. The second-order valence-corrected chi connectivity index (χ2v) is 3.65. The van der Waals surface area contributed by atoms with E-state index >= 15 is 0 Å². The van der Waals surface area contributed by atoms with E-state index in [0.717, 1.165) is 18.0 Å². The summed E-state index contributed by atoms with van der Waals surface area (Å²) in [5, 5.41) is 7.76. The van der Waals surface area contributed by atoms with Gasteiger partial charge in [0, 0.05) is 7.05 Å². The van der Waals surface area contributed by atoms with Crippen molar-refractivity contribution in [3.63, 3.8) is 0 Å². The number of hydrogen-bond donors (Lipinski definition) is 0. The zero-order valence-electron chi connectivity index (χ0n) is 9.55. The Labute approximate surface area is 94.9 Å². The van der Waals surface area contributed by atoms with Gasteiger partial charge in [0.15, 0.2) is 5.82 Å². The normalized spacial score (nSPS) is 10.4. The Hall–Kier alpha value is -1.84. The van der Waals surface area contributed by atoms with Gasteiger partial charge in [0.2, 0.25) is 0 Å². The van der Waals surface area contributed by atoms with E-state index in [4.69, 9.17) is 4.74 Å². The highest BCUT2D eigenvalue weighted by Gasteiger charge is 2.01. The zero-order chi connectivity index (χ0) is 11.4. The Morgan fingerprint density at radius 1 is 1.38 bits per heavy atom. The molecule has 1 aromatic carbocycles. The molecule has 0 N–H and O–H groups in total. The SMILES string of the molecule is CCc1cccc(OCc2nncn2C)c1. The van der Waals surface area contributed by atoms with Crippen molar-refractivity contribution in [1.82, 2.24) is 14.8 Å². The first-order valence-electron chi connectivity index (χ1n) is 5.34. The van der Waals surface area contributed by atoms with Crippen molar-refractivity contribution >= 4 is 0 Å². The fourth-order valence-electron chi connectivity index (χ4n) is 1.44. The first-order chi connectivity index (χ1) is 7.79. The molecule has 0 saturated carbocycles. The molecule has 84 valence electrons. The van der Waals surface area contributed by atoms with Crippen molar-refractivity contribution in [3.05, 3.63) is 42.0 Å². The summed E-state index contributed by atoms with van der Waals surface area (Å²) in [4.78, 5) is 0. The molecule has 1 aromatic heterocycles. The summed E-state index contributed by atoms with van der Waals surface area (Å²) in [5.74, 6) is 1.70. The molecule has 0 bridgehead atoms. The van der Waals surface area contributed by atoms with Crippen LogP contribution in [0.25, 0.3) is 0 Å². The van der Waals surface area contributed by atoms with E-state index in [1.807, 2.05) is 23.7 Å². The van der Waals surface area contributed by atoms with Crippen LogP contribution < -0.4 is 4.74 Å². The van der Waals surface area contributed by atoms with E-state index in [0.29, 0.717) is 6.61 Å². The average molecular weight is 217 g/mol. The van der Waals surface area contributed by atoms with Gasteiger partial charge in [-0.1, -0.05) is 19.1 Å². The number of hydrogen-bond acceptors (Lipinski definition) is 3. The van der Waals surface area contributed by atoms with Crippen molar-refractivity contribution in [2.75, 3.05) is 0 Å². The molecule has 1 heterocycles. The Balaban J connectivity index is 2.02. The van der Waals surface area contributed by atoms with Crippen LogP contribution in [0.1, 0.15) is 18.3 Å². The third-order valence-electron chi connectivity index (χ3n) is 2.48. The summed E-state index contributed by atoms with van der Waals surface area (Å²) in [7, 11) is 1.90. The summed E-state index contributed by atoms with van der Waals surface area (Å²) in [6.45, 7) is 2.57. The van der Waals surface area contributed by atoms with Crippen LogP contribution >= 0.6 is 0 Å². The van der Waals surface area contributed by atoms with Gasteiger partial charge in [-0.05, 0) is 24.1 Å². The molecule has 4 nitrogen and oxygen atoms in total. The van der Waals surface area contributed by atoms with Crippen LogP contribution in [0.15, 0.2) is 30.6 Å². The minimum Gasteiger partial charge on any atom is -0.486 e. The highest BCUT2D eigenvalue weighted by Crippen LogP contribution is 2.14. The van der Waals surface area contributed by atoms with Crippen molar-refractivity contribution < 1.29 is 4.74 Å². The monoisotopic (exact) mass is 217 g/mol. The first-order valence-corrected chi connectivity index (χ1v) is 5.34. The maximum Gasteiger partial charge on any atom is 0.170 e. The fourth-order valence-corrected chi connectivity index (χ4v) is 1.44. The molecule has 0 aliphatic heterocycles. The molecule has 4 heteroatoms. The number of ether oxygens (including phenoxy) is 1. The lowest BCUT2D eigenvalue weighted by atomic mass is 10.2. The first kappa shape index (κ1) is 10.7. The molecule has 0 fully saturated rings. The summed E-state index contributed by atoms with van der Waals surface area (Å²) in [5.41, 5.74) is 1.27. The van der Waals surface area contributed by atoms with Crippen LogP contribution in [0.4, 0.5) is 0 Å². The topological polar surface area (TPSA) is 39.9 Å². The minimum atomic E-state index is 0.448. The number of benzene rings is 1. The predicted molar refractivity (Wildman–Crippen MR) is 61.2 cm³/mol. The second kappa shape index (κ2) is 4.79. The number of nitrogens with zero attached hydrogens (tertiary/aromatic N) is 3. The van der Waals surface area contributed by atoms with E-state index in [9.17, 15) is 0 Å². The highest BCUT2D eigenvalue weighted by atomic mass is 16.5. The molecule has 2 aromatic rings. The lowest BCUT2D eigenvalue weighted by Crippen LogP contribution is -2.03. The van der Waals surface area contributed by atoms with E-state index in [1.54, 1.807) is 6.33 Å². The van der Waals surface area contributed by atoms with Crippen LogP contribution in [0.3, 0.4) is 0 Å². The van der Waals surface area contributed by atoms with E-state index in [1.165, 1.54) is 5.56 Å². The second-order valence-electron chi connectivity index (χ2n) is 3.65. The summed E-state index contributed by atoms with van der Waals surface area (Å²) >= 11 is 0. The molecule has 0 aliphatic carbocycles. The van der Waals surface area contributed by atoms with Gasteiger partial charge in [0.1, 0.15) is 18.7 Å². The molecule has 0 aliphatic rings. The van der Waals surface area contributed by atoms with Crippen molar-refractivity contribution in [2.45, 2.75) is 20.0 Å². The van der Waals surface area contributed by atoms with E-state index in [-0.39, 0.29) is 0 Å². The Morgan fingerprint density at radius 3 is 2.94 bits per heavy atom. The molecule has 0 amide bonds. The van der Waals surface area contributed by atoms with Crippen molar-refractivity contribution in [3.8, 4) is 5.75 Å². The summed E-state index contributed by atoms with van der Waals surface area (Å²) in [6.07, 6.45) is 2.68. The lowest BCUT2D eigenvalue weighted by Gasteiger charge is -2.06. The molecule has 0 unspecified atom stereocenters. The third kappa shape index (κ3) is 2.39. The van der Waals surface area contributed by atoms with Gasteiger partial charge < -0.3 is 9.30 Å². The van der Waals surface area contributed by atoms with Crippen LogP contribution in [-0.2, 0) is 20.1 Å². The molecule has 2 rings (SSSR count). The van der Waals surface area contributed by atoms with E-state index < -0.39 is 0 Å². The standard InChI is InChI=1S/C12H15N3O/c1-3-10-5-4-6-11(7-10)16-8-12-14-13-9-15(12)2/h4-7,9H,3,8H2,1-2H3. The Morgan fingerprint density at radius 2 is 2.25 bits per heavy atom. The van der Waals surface area contributed by atoms with Crippen LogP contribution in [0.2, 0.25) is 0 Å². The van der Waals surface area contributed by atoms with Gasteiger partial charge in [-0.3, -0.25) is 0 Å². The van der Waals surface area contributed by atoms with Crippen LogP contribution in [0, 0.1) is 0 Å². The van der Waals surface area contributed by atoms with Crippen LogP contribution in [0.5, 0.6) is 5.75 Å². The summed E-state index contributed by atoms with van der Waals surface area (Å²) < 4.78 is 7.50. The molecule has 0 atom stereocenters. The van der Waals surface area contributed by atoms with Gasteiger partial charge in [-0.25, -0.2) is 0 Å². The number of rotatable bonds is 4. The zero-order valence-corrected chi connectivity index (χ0v) is 9.55. The largest absolute Gasteiger partial charge is 0.486 e. The molecular formula is C12H15N3O. The van der Waals surface area contributed by atoms with Gasteiger partial charge in [0.05, 0.1) is 0 Å². The maximum atomic E-state index is 5.65. The molecule has 0 spiro atoms. The molecule has 16 heavy (non-hydrogen) atoms. The average Bonchev–Trinajstić information content (AvgIpc) is 2.72. The van der Waals surface area contributed by atoms with Gasteiger partial charge in [0.25, 0.3) is 0 Å². The van der Waals surface area contributed by atoms with Crippen LogP contribution in [-0.4, -0.2) is 14.8 Å². The quantitative estimate of drug-likeness (QED) is 0.786. The fraction of sp³-hybridized carbons (Fsp3) is 0.333. The van der Waals surface area contributed by atoms with Crippen molar-refractivity contribution in [2.24, 2.45) is 7.05 Å². The van der Waals surface area contributed by atoms with E-state index in [2.05, 4.69) is 29.3 Å². The highest BCUT2D eigenvalue weighted by molar-refractivity contribution is 5.28. The number of aromatic nitrogens is 3. The molecular weight excluding hydrogens is 202 g/mol. The smallest absolute Gasteiger partial charge is 0.170 e. The van der Waals surface area contributed by atoms with Gasteiger partial charge in [-0.15, -0.1) is 10.2 Å². The van der Waals surface area contributed by atoms with Gasteiger partial charge in [-0.2, -0.15) is 0 Å². The van der Waals surface area contributed by atoms with Gasteiger partial charge >= 0.3 is 0 Å².